The number of benzene rings is 3. The van der Waals surface area contributed by atoms with E-state index < -0.39 is 6.04 Å². The van der Waals surface area contributed by atoms with Gasteiger partial charge in [-0.1, -0.05) is 51.1 Å². The number of fused-ring (bicyclic) bond motifs is 1. The topological polar surface area (TPSA) is 73.7 Å². The van der Waals surface area contributed by atoms with Crippen molar-refractivity contribution in [3.8, 4) is 17.2 Å². The maximum Gasteiger partial charge on any atom is 0.266 e. The molecule has 0 N–H and O–H groups in total. The summed E-state index contributed by atoms with van der Waals surface area (Å²) in [5.74, 6) is 1.93. The molecule has 1 amide bonds. The van der Waals surface area contributed by atoms with Gasteiger partial charge in [0.25, 0.3) is 11.5 Å². The molecule has 1 unspecified atom stereocenters. The average molecular weight is 514 g/mol. The number of amides is 1. The number of carbonyl (C=O) groups excluding carboxylic acids is 1. The summed E-state index contributed by atoms with van der Waals surface area (Å²) in [5.41, 5.74) is 1.10. The summed E-state index contributed by atoms with van der Waals surface area (Å²) in [7, 11) is 0. The minimum Gasteiger partial charge on any atom is -0.494 e. The Labute approximate surface area is 223 Å². The van der Waals surface area contributed by atoms with E-state index in [1.54, 1.807) is 15.5 Å². The number of ether oxygens (including phenoxy) is 2. The molecule has 0 saturated carbocycles. The van der Waals surface area contributed by atoms with Crippen LogP contribution in [0.5, 0.6) is 11.5 Å². The van der Waals surface area contributed by atoms with E-state index in [4.69, 9.17) is 14.5 Å². The second-order valence-corrected chi connectivity index (χ2v) is 9.52. The molecule has 198 valence electrons. The molecule has 0 spiro atoms. The highest BCUT2D eigenvalue weighted by Gasteiger charge is 2.30. The number of nitrogens with zero attached hydrogens (tertiary/aromatic N) is 3. The van der Waals surface area contributed by atoms with Crippen molar-refractivity contribution in [3.05, 3.63) is 95.0 Å². The van der Waals surface area contributed by atoms with Gasteiger partial charge in [0.1, 0.15) is 17.3 Å². The Hall–Kier alpha value is -4.13. The summed E-state index contributed by atoms with van der Waals surface area (Å²) in [6.07, 6.45) is 0.575. The summed E-state index contributed by atoms with van der Waals surface area (Å²) < 4.78 is 13.0. The van der Waals surface area contributed by atoms with Crippen LogP contribution in [-0.4, -0.2) is 40.1 Å². The third-order valence-corrected chi connectivity index (χ3v) is 6.26. The minimum absolute atomic E-state index is 0.103. The van der Waals surface area contributed by atoms with E-state index in [1.807, 2.05) is 86.6 Å². The van der Waals surface area contributed by atoms with Crippen LogP contribution in [0.2, 0.25) is 0 Å². The van der Waals surface area contributed by atoms with Gasteiger partial charge in [0, 0.05) is 6.54 Å². The predicted octanol–water partition coefficient (Wildman–Crippen LogP) is 5.80. The molecule has 3 aromatic carbocycles. The number of para-hydroxylation sites is 2. The molecule has 1 heterocycles. The highest BCUT2D eigenvalue weighted by atomic mass is 16.5. The standard InChI is InChI=1S/C31H35N3O4/c1-5-28(33(20-22(3)4)29(35)21-38-24-12-8-7-9-13-24)30-32-27-15-11-10-14-26(27)31(36)34(30)23-16-18-25(19-17-23)37-6-2/h7-19,22,28H,5-6,20-21H2,1-4H3. The number of hydrogen-bond donors (Lipinski definition) is 0. The molecule has 4 aromatic rings. The van der Waals surface area contributed by atoms with Gasteiger partial charge in [-0.15, -0.1) is 0 Å². The Morgan fingerprint density at radius 1 is 0.895 bits per heavy atom. The van der Waals surface area contributed by atoms with Crippen molar-refractivity contribution in [3.63, 3.8) is 0 Å². The van der Waals surface area contributed by atoms with E-state index in [1.165, 1.54) is 0 Å². The van der Waals surface area contributed by atoms with Crippen LogP contribution >= 0.6 is 0 Å². The summed E-state index contributed by atoms with van der Waals surface area (Å²) in [5, 5.41) is 0.522. The van der Waals surface area contributed by atoms with Gasteiger partial charge in [-0.2, -0.15) is 0 Å². The zero-order valence-corrected chi connectivity index (χ0v) is 22.5. The maximum absolute atomic E-state index is 13.9. The highest BCUT2D eigenvalue weighted by molar-refractivity contribution is 5.79. The lowest BCUT2D eigenvalue weighted by Crippen LogP contribution is -2.42. The average Bonchev–Trinajstić information content (AvgIpc) is 2.93. The smallest absolute Gasteiger partial charge is 0.266 e. The fraction of sp³-hybridized carbons (Fsp3) is 0.323. The Morgan fingerprint density at radius 2 is 1.55 bits per heavy atom. The van der Waals surface area contributed by atoms with Crippen molar-refractivity contribution in [2.75, 3.05) is 19.8 Å². The SMILES string of the molecule is CCOc1ccc(-n2c(C(CC)N(CC(C)C)C(=O)COc3ccccc3)nc3ccccc3c2=O)cc1. The normalized spacial score (nSPS) is 11.9. The van der Waals surface area contributed by atoms with E-state index in [9.17, 15) is 9.59 Å². The molecule has 0 aliphatic rings. The summed E-state index contributed by atoms with van der Waals surface area (Å²) in [6, 6.07) is 23.6. The van der Waals surface area contributed by atoms with Crippen LogP contribution in [0.1, 0.15) is 46.0 Å². The van der Waals surface area contributed by atoms with Crippen molar-refractivity contribution in [1.29, 1.82) is 0 Å². The predicted molar refractivity (Wildman–Crippen MR) is 150 cm³/mol. The molecular weight excluding hydrogens is 478 g/mol. The Balaban J connectivity index is 1.81. The fourth-order valence-electron chi connectivity index (χ4n) is 4.56. The molecule has 0 aliphatic heterocycles. The van der Waals surface area contributed by atoms with E-state index in [0.717, 1.165) is 5.75 Å². The maximum atomic E-state index is 13.9. The zero-order valence-electron chi connectivity index (χ0n) is 22.5. The molecule has 0 fully saturated rings. The number of rotatable bonds is 11. The molecule has 0 bridgehead atoms. The number of carbonyl (C=O) groups is 1. The first-order chi connectivity index (χ1) is 18.4. The van der Waals surface area contributed by atoms with Gasteiger partial charge < -0.3 is 14.4 Å². The lowest BCUT2D eigenvalue weighted by Gasteiger charge is -2.33. The molecule has 7 nitrogen and oxygen atoms in total. The van der Waals surface area contributed by atoms with Crippen molar-refractivity contribution in [1.82, 2.24) is 14.5 Å². The van der Waals surface area contributed by atoms with Crippen LogP contribution in [0.15, 0.2) is 83.7 Å². The fourth-order valence-corrected chi connectivity index (χ4v) is 4.56. The quantitative estimate of drug-likeness (QED) is 0.253. The Bertz CT molecular complexity index is 1420. The highest BCUT2D eigenvalue weighted by Crippen LogP contribution is 2.28. The third kappa shape index (κ3) is 6.05. The van der Waals surface area contributed by atoms with Crippen LogP contribution in [-0.2, 0) is 4.79 Å². The van der Waals surface area contributed by atoms with E-state index in [2.05, 4.69) is 13.8 Å². The Kier molecular flexibility index (Phi) is 8.79. The van der Waals surface area contributed by atoms with E-state index in [0.29, 0.717) is 47.7 Å². The number of aromatic nitrogens is 2. The summed E-state index contributed by atoms with van der Waals surface area (Å²) in [4.78, 5) is 34.2. The minimum atomic E-state index is -0.437. The second kappa shape index (κ2) is 12.4. The van der Waals surface area contributed by atoms with Gasteiger partial charge in [-0.25, -0.2) is 4.98 Å². The van der Waals surface area contributed by atoms with Crippen LogP contribution in [0.3, 0.4) is 0 Å². The first-order valence-electron chi connectivity index (χ1n) is 13.1. The van der Waals surface area contributed by atoms with Crippen molar-refractivity contribution >= 4 is 16.8 Å². The van der Waals surface area contributed by atoms with Crippen molar-refractivity contribution < 1.29 is 14.3 Å². The van der Waals surface area contributed by atoms with Crippen LogP contribution < -0.4 is 15.0 Å². The van der Waals surface area contributed by atoms with Gasteiger partial charge in [-0.3, -0.25) is 14.2 Å². The van der Waals surface area contributed by atoms with Crippen molar-refractivity contribution in [2.45, 2.75) is 40.2 Å². The van der Waals surface area contributed by atoms with E-state index >= 15 is 0 Å². The lowest BCUT2D eigenvalue weighted by atomic mass is 10.1. The summed E-state index contributed by atoms with van der Waals surface area (Å²) >= 11 is 0. The molecule has 4 rings (SSSR count). The number of hydrogen-bond acceptors (Lipinski definition) is 5. The molecular formula is C31H35N3O4. The van der Waals surface area contributed by atoms with E-state index in [-0.39, 0.29) is 24.0 Å². The second-order valence-electron chi connectivity index (χ2n) is 9.52. The molecule has 0 radical (unpaired) electrons. The monoisotopic (exact) mass is 513 g/mol. The molecule has 1 aromatic heterocycles. The van der Waals surface area contributed by atoms with Crippen LogP contribution in [0, 0.1) is 5.92 Å². The van der Waals surface area contributed by atoms with Crippen LogP contribution in [0.25, 0.3) is 16.6 Å². The van der Waals surface area contributed by atoms with Gasteiger partial charge in [0.05, 0.1) is 29.2 Å². The molecule has 1 atom stereocenters. The van der Waals surface area contributed by atoms with Gasteiger partial charge >= 0.3 is 0 Å². The van der Waals surface area contributed by atoms with Gasteiger partial charge in [-0.05, 0) is 67.8 Å². The molecule has 0 aliphatic carbocycles. The molecule has 7 heteroatoms. The zero-order chi connectivity index (χ0) is 27.1. The first kappa shape index (κ1) is 26.9. The summed E-state index contributed by atoms with van der Waals surface area (Å²) in [6.45, 7) is 9.02. The van der Waals surface area contributed by atoms with Crippen LogP contribution in [0.4, 0.5) is 0 Å². The van der Waals surface area contributed by atoms with Gasteiger partial charge in [0.15, 0.2) is 6.61 Å². The largest absolute Gasteiger partial charge is 0.494 e. The molecule has 38 heavy (non-hydrogen) atoms. The van der Waals surface area contributed by atoms with Crippen molar-refractivity contribution in [2.24, 2.45) is 5.92 Å². The molecule has 0 saturated heterocycles. The third-order valence-electron chi connectivity index (χ3n) is 6.26. The lowest BCUT2D eigenvalue weighted by molar-refractivity contribution is -0.136. The Morgan fingerprint density at radius 3 is 2.21 bits per heavy atom. The first-order valence-corrected chi connectivity index (χ1v) is 13.1. The van der Waals surface area contributed by atoms with Gasteiger partial charge in [0.2, 0.25) is 0 Å².